The normalized spacial score (nSPS) is 18.1. The highest BCUT2D eigenvalue weighted by atomic mass is 16.1. The maximum absolute atomic E-state index is 12.2. The molecule has 0 bridgehead atoms. The predicted octanol–water partition coefficient (Wildman–Crippen LogP) is 2.63. The molecule has 3 aromatic heterocycles. The first-order valence-corrected chi connectivity index (χ1v) is 10.2. The summed E-state index contributed by atoms with van der Waals surface area (Å²) in [6, 6.07) is 5.70. The molecule has 7 heteroatoms. The molecule has 1 saturated carbocycles. The maximum atomic E-state index is 12.2. The summed E-state index contributed by atoms with van der Waals surface area (Å²) in [7, 11) is 2.07. The fourth-order valence-corrected chi connectivity index (χ4v) is 4.28. The molecule has 2 fully saturated rings. The van der Waals surface area contributed by atoms with Gasteiger partial charge < -0.3 is 9.47 Å². The van der Waals surface area contributed by atoms with Crippen LogP contribution in [0, 0.1) is 12.8 Å². The molecule has 0 spiro atoms. The molecule has 7 nitrogen and oxygen atoms in total. The van der Waals surface area contributed by atoms with Gasteiger partial charge in [0.15, 0.2) is 5.82 Å². The van der Waals surface area contributed by atoms with Crippen molar-refractivity contribution in [1.29, 1.82) is 0 Å². The Morgan fingerprint density at radius 2 is 1.89 bits per heavy atom. The van der Waals surface area contributed by atoms with E-state index in [4.69, 9.17) is 0 Å². The Balaban J connectivity index is 1.31. The summed E-state index contributed by atoms with van der Waals surface area (Å²) in [5.41, 5.74) is 4.39. The summed E-state index contributed by atoms with van der Waals surface area (Å²) in [6.45, 7) is 4.70. The summed E-state index contributed by atoms with van der Waals surface area (Å²) in [6.07, 6.45) is 6.15. The standard InChI is InChI=1S/C21H26N6O/c1-14-11-18-20(25(14)2)21(23-13-22-18)26-9-7-15(8-10-26)12-27-19(28)6-5-17(24-27)16-3-4-16/h5-6,11,13,15-16H,3-4,7-10,12H2,1-2H3. The molecule has 0 radical (unpaired) electrons. The van der Waals surface area contributed by atoms with Crippen LogP contribution in [-0.4, -0.2) is 37.4 Å². The van der Waals surface area contributed by atoms with Gasteiger partial charge in [0.25, 0.3) is 5.56 Å². The smallest absolute Gasteiger partial charge is 0.266 e. The van der Waals surface area contributed by atoms with E-state index in [1.54, 1.807) is 17.1 Å². The van der Waals surface area contributed by atoms with Crippen LogP contribution in [0.4, 0.5) is 5.82 Å². The number of rotatable bonds is 4. The fraction of sp³-hybridized carbons (Fsp3) is 0.524. The molecule has 2 aliphatic rings. The van der Waals surface area contributed by atoms with Crippen LogP contribution in [0.15, 0.2) is 29.3 Å². The highest BCUT2D eigenvalue weighted by molar-refractivity contribution is 5.87. The van der Waals surface area contributed by atoms with Crippen molar-refractivity contribution in [3.05, 3.63) is 46.3 Å². The Hall–Kier alpha value is -2.70. The van der Waals surface area contributed by atoms with Crippen LogP contribution < -0.4 is 10.5 Å². The summed E-state index contributed by atoms with van der Waals surface area (Å²) in [4.78, 5) is 23.6. The van der Waals surface area contributed by atoms with E-state index in [1.165, 1.54) is 18.5 Å². The number of aromatic nitrogens is 5. The molecule has 4 heterocycles. The van der Waals surface area contributed by atoms with Gasteiger partial charge in [-0.3, -0.25) is 4.79 Å². The Morgan fingerprint density at radius 3 is 2.64 bits per heavy atom. The first kappa shape index (κ1) is 17.4. The van der Waals surface area contributed by atoms with Gasteiger partial charge in [-0.15, -0.1) is 0 Å². The number of piperidine rings is 1. The number of hydrogen-bond acceptors (Lipinski definition) is 5. The number of hydrogen-bond donors (Lipinski definition) is 0. The van der Waals surface area contributed by atoms with Gasteiger partial charge in [0.1, 0.15) is 11.8 Å². The van der Waals surface area contributed by atoms with Gasteiger partial charge in [0.2, 0.25) is 0 Å². The molecule has 0 unspecified atom stereocenters. The van der Waals surface area contributed by atoms with Gasteiger partial charge in [0.05, 0.1) is 11.2 Å². The van der Waals surface area contributed by atoms with Gasteiger partial charge in [-0.25, -0.2) is 14.6 Å². The average Bonchev–Trinajstić information content (AvgIpc) is 3.50. The molecule has 0 amide bonds. The Morgan fingerprint density at radius 1 is 1.11 bits per heavy atom. The summed E-state index contributed by atoms with van der Waals surface area (Å²) < 4.78 is 3.86. The van der Waals surface area contributed by atoms with Gasteiger partial charge in [-0.05, 0) is 50.7 Å². The highest BCUT2D eigenvalue weighted by Gasteiger charge is 2.27. The molecular weight excluding hydrogens is 352 g/mol. The van der Waals surface area contributed by atoms with E-state index in [2.05, 4.69) is 44.6 Å². The Bertz CT molecular complexity index is 1070. The molecule has 5 rings (SSSR count). The van der Waals surface area contributed by atoms with E-state index >= 15 is 0 Å². The molecule has 28 heavy (non-hydrogen) atoms. The molecule has 0 N–H and O–H groups in total. The van der Waals surface area contributed by atoms with Crippen molar-refractivity contribution in [2.75, 3.05) is 18.0 Å². The highest BCUT2D eigenvalue weighted by Crippen LogP contribution is 2.38. The molecule has 0 atom stereocenters. The zero-order valence-corrected chi connectivity index (χ0v) is 16.5. The Labute approximate surface area is 164 Å². The van der Waals surface area contributed by atoms with E-state index in [0.29, 0.717) is 11.8 Å². The molecule has 1 aliphatic carbocycles. The third-order valence-corrected chi connectivity index (χ3v) is 6.27. The molecule has 0 aromatic carbocycles. The quantitative estimate of drug-likeness (QED) is 0.698. The topological polar surface area (TPSA) is 68.8 Å². The van der Waals surface area contributed by atoms with Gasteiger partial charge in [0, 0.05) is 44.4 Å². The van der Waals surface area contributed by atoms with Crippen LogP contribution >= 0.6 is 0 Å². The minimum atomic E-state index is 0.0172. The van der Waals surface area contributed by atoms with Crippen molar-refractivity contribution in [3.8, 4) is 0 Å². The summed E-state index contributed by atoms with van der Waals surface area (Å²) >= 11 is 0. The lowest BCUT2D eigenvalue weighted by Gasteiger charge is -2.33. The summed E-state index contributed by atoms with van der Waals surface area (Å²) in [5, 5.41) is 4.63. The predicted molar refractivity (Wildman–Crippen MR) is 109 cm³/mol. The van der Waals surface area contributed by atoms with Crippen LogP contribution in [0.25, 0.3) is 11.0 Å². The van der Waals surface area contributed by atoms with Crippen molar-refractivity contribution >= 4 is 16.9 Å². The first-order valence-electron chi connectivity index (χ1n) is 10.2. The van der Waals surface area contributed by atoms with Crippen LogP contribution in [0.3, 0.4) is 0 Å². The van der Waals surface area contributed by atoms with Crippen LogP contribution in [0.1, 0.15) is 43.0 Å². The van der Waals surface area contributed by atoms with Crippen LogP contribution in [-0.2, 0) is 13.6 Å². The van der Waals surface area contributed by atoms with Crippen molar-refractivity contribution in [3.63, 3.8) is 0 Å². The first-order chi connectivity index (χ1) is 13.6. The number of fused-ring (bicyclic) bond motifs is 1. The molecule has 1 saturated heterocycles. The second-order valence-corrected chi connectivity index (χ2v) is 8.26. The lowest BCUT2D eigenvalue weighted by atomic mass is 9.97. The van der Waals surface area contributed by atoms with Crippen LogP contribution in [0.5, 0.6) is 0 Å². The number of anilines is 1. The number of nitrogens with zero attached hydrogens (tertiary/aromatic N) is 6. The van der Waals surface area contributed by atoms with Crippen molar-refractivity contribution in [1.82, 2.24) is 24.3 Å². The zero-order chi connectivity index (χ0) is 19.3. The zero-order valence-electron chi connectivity index (χ0n) is 16.5. The third-order valence-electron chi connectivity index (χ3n) is 6.27. The minimum absolute atomic E-state index is 0.0172. The second kappa shape index (κ2) is 6.72. The van der Waals surface area contributed by atoms with E-state index < -0.39 is 0 Å². The fourth-order valence-electron chi connectivity index (χ4n) is 4.28. The molecule has 1 aliphatic heterocycles. The maximum Gasteiger partial charge on any atom is 0.266 e. The average molecular weight is 378 g/mol. The van der Waals surface area contributed by atoms with Gasteiger partial charge in [-0.1, -0.05) is 0 Å². The summed E-state index contributed by atoms with van der Waals surface area (Å²) in [5.74, 6) is 2.07. The van der Waals surface area contributed by atoms with Crippen molar-refractivity contribution in [2.24, 2.45) is 13.0 Å². The van der Waals surface area contributed by atoms with Crippen molar-refractivity contribution in [2.45, 2.75) is 45.1 Å². The lowest BCUT2D eigenvalue weighted by molar-refractivity contribution is 0.333. The van der Waals surface area contributed by atoms with E-state index in [-0.39, 0.29) is 5.56 Å². The van der Waals surface area contributed by atoms with E-state index in [9.17, 15) is 4.79 Å². The molecular formula is C21H26N6O. The van der Waals surface area contributed by atoms with Gasteiger partial charge >= 0.3 is 0 Å². The molecule has 3 aromatic rings. The minimum Gasteiger partial charge on any atom is -0.355 e. The Kier molecular flexibility index (Phi) is 4.18. The van der Waals surface area contributed by atoms with Crippen LogP contribution in [0.2, 0.25) is 0 Å². The SMILES string of the molecule is Cc1cc2ncnc(N3CCC(Cn4nc(C5CC5)ccc4=O)CC3)c2n1C. The largest absolute Gasteiger partial charge is 0.355 e. The number of aryl methyl sites for hydroxylation is 2. The van der Waals surface area contributed by atoms with E-state index in [0.717, 1.165) is 55.0 Å². The lowest BCUT2D eigenvalue weighted by Crippen LogP contribution is -2.37. The monoisotopic (exact) mass is 378 g/mol. The second-order valence-electron chi connectivity index (χ2n) is 8.26. The third kappa shape index (κ3) is 3.08. The van der Waals surface area contributed by atoms with Gasteiger partial charge in [-0.2, -0.15) is 5.10 Å². The van der Waals surface area contributed by atoms with Crippen molar-refractivity contribution < 1.29 is 0 Å². The van der Waals surface area contributed by atoms with E-state index in [1.807, 2.05) is 6.07 Å². The molecule has 146 valence electrons.